The van der Waals surface area contributed by atoms with Crippen LogP contribution in [0.25, 0.3) is 10.9 Å². The molecule has 2 aromatic rings. The van der Waals surface area contributed by atoms with E-state index in [0.29, 0.717) is 41.2 Å². The van der Waals surface area contributed by atoms with Gasteiger partial charge in [-0.25, -0.2) is 4.98 Å². The smallest absolute Gasteiger partial charge is 0.262 e. The monoisotopic (exact) mass is 375 g/mol. The second-order valence-corrected chi connectivity index (χ2v) is 7.93. The molecule has 1 N–H and O–H groups in total. The normalized spacial score (nSPS) is 11.5. The Morgan fingerprint density at radius 1 is 1.27 bits per heavy atom. The number of fused-ring (bicyclic) bond motifs is 1. The van der Waals surface area contributed by atoms with E-state index in [0.717, 1.165) is 0 Å². The van der Waals surface area contributed by atoms with Crippen LogP contribution in [0.3, 0.4) is 0 Å². The average Bonchev–Trinajstić information content (AvgIpc) is 2.53. The molecule has 2 rings (SSSR count). The summed E-state index contributed by atoms with van der Waals surface area (Å²) in [4.78, 5) is 40.5. The number of rotatable bonds is 8. The molecule has 1 amide bonds. The minimum Gasteiger partial charge on any atom is -0.351 e. The van der Waals surface area contributed by atoms with Crippen molar-refractivity contribution in [1.29, 1.82) is 0 Å². The third-order valence-corrected chi connectivity index (χ3v) is 4.85. The maximum atomic E-state index is 12.6. The van der Waals surface area contributed by atoms with E-state index in [1.165, 1.54) is 18.7 Å². The van der Waals surface area contributed by atoms with Gasteiger partial charge in [0.15, 0.2) is 5.16 Å². The van der Waals surface area contributed by atoms with Gasteiger partial charge in [0.05, 0.1) is 10.9 Å². The van der Waals surface area contributed by atoms with Gasteiger partial charge in [-0.2, -0.15) is 0 Å². The van der Waals surface area contributed by atoms with Gasteiger partial charge in [0.2, 0.25) is 5.91 Å². The molecular weight excluding hydrogens is 350 g/mol. The number of nitrogens with one attached hydrogen (secondary N) is 1. The quantitative estimate of drug-likeness (QED) is 0.567. The fourth-order valence-corrected chi connectivity index (χ4v) is 3.88. The predicted octanol–water partition coefficient (Wildman–Crippen LogP) is 2.77. The second-order valence-electron chi connectivity index (χ2n) is 6.87. The first kappa shape index (κ1) is 20.2. The number of hydrogen-bond donors (Lipinski definition) is 1. The summed E-state index contributed by atoms with van der Waals surface area (Å²) in [5, 5.41) is 4.10. The Morgan fingerprint density at radius 2 is 1.96 bits per heavy atom. The fraction of sp³-hybridized carbons (Fsp3) is 0.474. The largest absolute Gasteiger partial charge is 0.351 e. The molecule has 0 saturated heterocycles. The van der Waals surface area contributed by atoms with Crippen molar-refractivity contribution in [2.45, 2.75) is 57.8 Å². The third kappa shape index (κ3) is 5.17. The summed E-state index contributed by atoms with van der Waals surface area (Å²) >= 11 is 1.39. The summed E-state index contributed by atoms with van der Waals surface area (Å²) in [5.74, 6) is 0.430. The summed E-state index contributed by atoms with van der Waals surface area (Å²) < 4.78 is 1.63. The maximum Gasteiger partial charge on any atom is 0.262 e. The number of Topliss-reactive ketones (excluding diaryl/α,β-unsaturated/α-hetero) is 1. The van der Waals surface area contributed by atoms with Gasteiger partial charge in [-0.3, -0.25) is 19.0 Å². The first-order chi connectivity index (χ1) is 12.2. The van der Waals surface area contributed by atoms with Crippen LogP contribution in [-0.4, -0.2) is 32.5 Å². The minimum atomic E-state index is -0.555. The fourth-order valence-electron chi connectivity index (χ4n) is 2.88. The van der Waals surface area contributed by atoms with Crippen molar-refractivity contribution in [2.24, 2.45) is 0 Å². The molecule has 0 aliphatic rings. The Balaban J connectivity index is 2.05. The van der Waals surface area contributed by atoms with Gasteiger partial charge in [-0.1, -0.05) is 23.9 Å². The van der Waals surface area contributed by atoms with Crippen molar-refractivity contribution >= 4 is 34.4 Å². The van der Waals surface area contributed by atoms with Crippen LogP contribution in [0.1, 0.15) is 40.5 Å². The van der Waals surface area contributed by atoms with E-state index in [-0.39, 0.29) is 17.2 Å². The molecule has 0 radical (unpaired) electrons. The van der Waals surface area contributed by atoms with Crippen molar-refractivity contribution in [3.8, 4) is 0 Å². The van der Waals surface area contributed by atoms with Crippen LogP contribution < -0.4 is 10.9 Å². The molecule has 7 heteroatoms. The van der Waals surface area contributed by atoms with Crippen LogP contribution in [0, 0.1) is 0 Å². The Labute approximate surface area is 157 Å². The summed E-state index contributed by atoms with van der Waals surface area (Å²) in [6.45, 7) is 7.60. The van der Waals surface area contributed by atoms with Gasteiger partial charge >= 0.3 is 0 Å². The summed E-state index contributed by atoms with van der Waals surface area (Å²) in [5.41, 5.74) is 0.0460. The van der Waals surface area contributed by atoms with Gasteiger partial charge in [0, 0.05) is 30.7 Å². The number of para-hydroxylation sites is 1. The van der Waals surface area contributed by atoms with Gasteiger partial charge in [-0.15, -0.1) is 0 Å². The summed E-state index contributed by atoms with van der Waals surface area (Å²) in [6.07, 6.45) is 0.589. The lowest BCUT2D eigenvalue weighted by Crippen LogP contribution is -2.44. The Morgan fingerprint density at radius 3 is 2.62 bits per heavy atom. The van der Waals surface area contributed by atoms with E-state index < -0.39 is 5.54 Å². The minimum absolute atomic E-state index is 0.0389. The molecule has 1 aromatic heterocycles. The molecule has 0 aliphatic heterocycles. The van der Waals surface area contributed by atoms with Crippen LogP contribution in [0.2, 0.25) is 0 Å². The number of carbonyl (C=O) groups excluding carboxylic acids is 2. The molecule has 0 aliphatic carbocycles. The zero-order chi connectivity index (χ0) is 19.3. The molecule has 6 nitrogen and oxygen atoms in total. The molecule has 0 saturated carbocycles. The number of thioether (sulfide) groups is 1. The lowest BCUT2D eigenvalue weighted by molar-refractivity contribution is -0.123. The second kappa shape index (κ2) is 8.49. The first-order valence-electron chi connectivity index (χ1n) is 8.66. The first-order valence-corrected chi connectivity index (χ1v) is 9.65. The lowest BCUT2D eigenvalue weighted by Gasteiger charge is -2.25. The molecule has 0 fully saturated rings. The average molecular weight is 375 g/mol. The van der Waals surface area contributed by atoms with Gasteiger partial charge in [0.25, 0.3) is 5.56 Å². The number of aromatic nitrogens is 2. The van der Waals surface area contributed by atoms with Crippen molar-refractivity contribution in [3.05, 3.63) is 34.6 Å². The number of hydrogen-bond acceptors (Lipinski definition) is 5. The molecule has 0 spiro atoms. The molecule has 26 heavy (non-hydrogen) atoms. The van der Waals surface area contributed by atoms with E-state index in [4.69, 9.17) is 0 Å². The van der Waals surface area contributed by atoms with Crippen molar-refractivity contribution in [1.82, 2.24) is 14.9 Å². The van der Waals surface area contributed by atoms with Gasteiger partial charge in [0.1, 0.15) is 5.78 Å². The van der Waals surface area contributed by atoms with E-state index in [1.807, 2.05) is 39.0 Å². The lowest BCUT2D eigenvalue weighted by atomic mass is 9.98. The molecule has 0 atom stereocenters. The summed E-state index contributed by atoms with van der Waals surface area (Å²) in [7, 11) is 0. The van der Waals surface area contributed by atoms with Crippen LogP contribution >= 0.6 is 11.8 Å². The molecule has 0 unspecified atom stereocenters. The highest BCUT2D eigenvalue weighted by Gasteiger charge is 2.22. The van der Waals surface area contributed by atoms with Crippen LogP contribution in [0.15, 0.2) is 34.2 Å². The standard InChI is InChI=1S/C19H25N3O3S/c1-5-22-17(25)14-8-6-7-9-15(14)20-18(22)26-11-10-16(24)21-19(3,4)12-13(2)23/h6-9H,5,10-12H2,1-4H3,(H,21,24). The zero-order valence-electron chi connectivity index (χ0n) is 15.7. The Kier molecular flexibility index (Phi) is 6.58. The predicted molar refractivity (Wildman–Crippen MR) is 105 cm³/mol. The van der Waals surface area contributed by atoms with Crippen LogP contribution in [-0.2, 0) is 16.1 Å². The number of amides is 1. The highest BCUT2D eigenvalue weighted by atomic mass is 32.2. The molecular formula is C19H25N3O3S. The summed E-state index contributed by atoms with van der Waals surface area (Å²) in [6, 6.07) is 7.27. The van der Waals surface area contributed by atoms with Crippen LogP contribution in [0.4, 0.5) is 0 Å². The highest BCUT2D eigenvalue weighted by molar-refractivity contribution is 7.99. The Hall–Kier alpha value is -2.15. The van der Waals surface area contributed by atoms with Gasteiger partial charge in [-0.05, 0) is 39.8 Å². The van der Waals surface area contributed by atoms with Crippen molar-refractivity contribution in [2.75, 3.05) is 5.75 Å². The van der Waals surface area contributed by atoms with E-state index in [9.17, 15) is 14.4 Å². The van der Waals surface area contributed by atoms with Crippen molar-refractivity contribution in [3.63, 3.8) is 0 Å². The topological polar surface area (TPSA) is 81.1 Å². The molecule has 0 bridgehead atoms. The maximum absolute atomic E-state index is 12.6. The number of ketones is 1. The highest BCUT2D eigenvalue weighted by Crippen LogP contribution is 2.19. The number of benzene rings is 1. The molecule has 1 heterocycles. The number of carbonyl (C=O) groups is 2. The zero-order valence-corrected chi connectivity index (χ0v) is 16.5. The van der Waals surface area contributed by atoms with E-state index in [2.05, 4.69) is 10.3 Å². The SMILES string of the molecule is CCn1c(SCCC(=O)NC(C)(C)CC(C)=O)nc2ccccc2c1=O. The van der Waals surface area contributed by atoms with E-state index >= 15 is 0 Å². The van der Waals surface area contributed by atoms with Crippen molar-refractivity contribution < 1.29 is 9.59 Å². The van der Waals surface area contributed by atoms with Gasteiger partial charge < -0.3 is 5.32 Å². The van der Waals surface area contributed by atoms with Crippen LogP contribution in [0.5, 0.6) is 0 Å². The molecule has 1 aromatic carbocycles. The van der Waals surface area contributed by atoms with E-state index in [1.54, 1.807) is 10.6 Å². The third-order valence-electron chi connectivity index (χ3n) is 3.87. The Bertz CT molecular complexity index is 874. The molecule has 140 valence electrons. The number of nitrogens with zero attached hydrogens (tertiary/aromatic N) is 2.